The van der Waals surface area contributed by atoms with Crippen molar-refractivity contribution in [3.05, 3.63) is 12.7 Å². The molecule has 1 aliphatic rings. The topological polar surface area (TPSA) is 218 Å². The summed E-state index contributed by atoms with van der Waals surface area (Å²) in [5.41, 5.74) is 6.37. The Balaban J connectivity index is 0.00000196. The molecule has 28 heavy (non-hydrogen) atoms. The van der Waals surface area contributed by atoms with Crippen molar-refractivity contribution in [2.75, 3.05) is 12.3 Å². The van der Waals surface area contributed by atoms with E-state index in [4.69, 9.17) is 10.5 Å². The Morgan fingerprint density at radius 3 is 2.64 bits per heavy atom. The Morgan fingerprint density at radius 1 is 1.32 bits per heavy atom. The van der Waals surface area contributed by atoms with Gasteiger partial charge in [-0.15, -0.1) is 0 Å². The summed E-state index contributed by atoms with van der Waals surface area (Å²) in [4.78, 5) is 41.8. The number of aromatic nitrogens is 4. The minimum atomic E-state index is -5.73. The number of phosphoric acid groups is 2. The van der Waals surface area contributed by atoms with E-state index in [1.165, 1.54) is 17.2 Å². The van der Waals surface area contributed by atoms with Crippen LogP contribution in [0.1, 0.15) is 12.6 Å². The van der Waals surface area contributed by atoms with Crippen molar-refractivity contribution in [3.8, 4) is 0 Å². The second kappa shape index (κ2) is 10.2. The van der Waals surface area contributed by atoms with Crippen molar-refractivity contribution in [1.29, 1.82) is 0 Å². The largest absolute Gasteiger partial charge is 1.00 e. The number of aliphatic hydroxyl groups is 1. The van der Waals surface area contributed by atoms with E-state index in [0.717, 1.165) is 0 Å². The molecule has 1 aliphatic heterocycles. The summed E-state index contributed by atoms with van der Waals surface area (Å²) < 4.78 is 36.6. The molecule has 3 heterocycles. The molecule has 3 rings (SSSR count). The molecule has 14 nitrogen and oxygen atoms in total. The van der Waals surface area contributed by atoms with E-state index >= 15 is 0 Å². The number of ether oxygens (including phenoxy) is 1. The van der Waals surface area contributed by atoms with Gasteiger partial charge in [0.1, 0.15) is 24.2 Å². The first-order valence-electron chi connectivity index (χ1n) is 7.03. The smallest absolute Gasteiger partial charge is 0.789 e. The van der Waals surface area contributed by atoms with Gasteiger partial charge < -0.3 is 34.8 Å². The molecule has 4 N–H and O–H groups in total. The normalized spacial score (nSPS) is 24.4. The van der Waals surface area contributed by atoms with Gasteiger partial charge in [-0.3, -0.25) is 13.4 Å². The van der Waals surface area contributed by atoms with Gasteiger partial charge in [-0.25, -0.2) is 19.5 Å². The standard InChI is InChI=1S/C10H15N5O9P2.2Na/c11-9-8-10(13-3-12-9)15(4-14-8)7-1-5(16)6(23-7)2-22-26(20,21)24-25(17,18)19;;/h3-7,16H,1-2H2,(H,20,21)(H2,11,12,13)(H2,17,18,19);;/q;2*+1/p-2. The van der Waals surface area contributed by atoms with E-state index in [2.05, 4.69) is 23.8 Å². The third-order valence-electron chi connectivity index (χ3n) is 3.51. The van der Waals surface area contributed by atoms with Gasteiger partial charge in [0.15, 0.2) is 11.5 Å². The van der Waals surface area contributed by atoms with Gasteiger partial charge in [0.05, 0.1) is 26.9 Å². The Bertz CT molecular complexity index is 911. The molecule has 1 saturated heterocycles. The molecule has 2 aromatic rings. The second-order valence-electron chi connectivity index (χ2n) is 5.31. The monoisotopic (exact) mass is 455 g/mol. The molecule has 0 aromatic carbocycles. The van der Waals surface area contributed by atoms with Crippen LogP contribution in [0.2, 0.25) is 0 Å². The quantitative estimate of drug-likeness (QED) is 0.273. The van der Waals surface area contributed by atoms with E-state index in [1.54, 1.807) is 0 Å². The van der Waals surface area contributed by atoms with Crippen LogP contribution in [0.4, 0.5) is 5.82 Å². The zero-order chi connectivity index (χ0) is 19.1. The number of hydrogen-bond acceptors (Lipinski definition) is 12. The van der Waals surface area contributed by atoms with Crippen LogP contribution >= 0.6 is 15.6 Å². The van der Waals surface area contributed by atoms with E-state index in [-0.39, 0.29) is 71.4 Å². The molecule has 4 atom stereocenters. The Morgan fingerprint density at radius 2 is 2.00 bits per heavy atom. The van der Waals surface area contributed by atoms with Gasteiger partial charge in [-0.1, -0.05) is 0 Å². The van der Waals surface area contributed by atoms with Crippen LogP contribution < -0.4 is 74.6 Å². The Kier molecular flexibility index (Phi) is 9.70. The Labute approximate surface area is 202 Å². The van der Waals surface area contributed by atoms with Gasteiger partial charge in [0.2, 0.25) is 0 Å². The summed E-state index contributed by atoms with van der Waals surface area (Å²) in [7, 11) is -10.9. The number of hydrogen-bond donors (Lipinski definition) is 3. The van der Waals surface area contributed by atoms with Crippen LogP contribution in [0.3, 0.4) is 0 Å². The second-order valence-corrected chi connectivity index (χ2v) is 8.05. The number of aliphatic hydroxyl groups excluding tert-OH is 1. The molecule has 0 bridgehead atoms. The molecule has 4 unspecified atom stereocenters. The molecule has 0 radical (unpaired) electrons. The maximum Gasteiger partial charge on any atom is 1.00 e. The zero-order valence-electron chi connectivity index (χ0n) is 14.8. The number of anilines is 1. The zero-order valence-corrected chi connectivity index (χ0v) is 20.6. The summed E-state index contributed by atoms with van der Waals surface area (Å²) in [6, 6.07) is 0. The first-order valence-corrected chi connectivity index (χ1v) is 9.98. The number of rotatable bonds is 6. The molecule has 144 valence electrons. The van der Waals surface area contributed by atoms with Gasteiger partial charge >= 0.3 is 66.9 Å². The van der Waals surface area contributed by atoms with Crippen LogP contribution in [-0.2, 0) is 22.7 Å². The van der Waals surface area contributed by atoms with E-state index in [0.29, 0.717) is 11.2 Å². The van der Waals surface area contributed by atoms with Gasteiger partial charge in [0, 0.05) is 6.42 Å². The summed E-state index contributed by atoms with van der Waals surface area (Å²) in [6.07, 6.45) is -0.308. The number of imidazole rings is 1. The van der Waals surface area contributed by atoms with Crippen molar-refractivity contribution in [2.45, 2.75) is 24.9 Å². The maximum atomic E-state index is 11.4. The summed E-state index contributed by atoms with van der Waals surface area (Å²) >= 11 is 0. The molecule has 0 aliphatic carbocycles. The summed E-state index contributed by atoms with van der Waals surface area (Å²) in [6.45, 7) is -0.699. The van der Waals surface area contributed by atoms with Crippen LogP contribution in [0.5, 0.6) is 0 Å². The van der Waals surface area contributed by atoms with Crippen molar-refractivity contribution in [3.63, 3.8) is 0 Å². The molecule has 0 spiro atoms. The molecular weight excluding hydrogens is 442 g/mol. The number of fused-ring (bicyclic) bond motifs is 1. The average Bonchev–Trinajstić information content (AvgIpc) is 3.07. The number of phosphoric ester groups is 1. The van der Waals surface area contributed by atoms with Crippen LogP contribution in [-0.4, -0.2) is 48.3 Å². The van der Waals surface area contributed by atoms with Crippen LogP contribution in [0, 0.1) is 0 Å². The molecule has 18 heteroatoms. The molecular formula is C10H13N5Na2O9P2. The predicted octanol–water partition coefficient (Wildman–Crippen LogP) is -7.97. The van der Waals surface area contributed by atoms with Gasteiger partial charge in [0.25, 0.3) is 0 Å². The fourth-order valence-electron chi connectivity index (χ4n) is 2.43. The molecule has 2 aromatic heterocycles. The number of nitrogens with zero attached hydrogens (tertiary/aromatic N) is 4. The van der Waals surface area contributed by atoms with Gasteiger partial charge in [-0.2, -0.15) is 0 Å². The van der Waals surface area contributed by atoms with E-state index < -0.39 is 40.7 Å². The number of nitrogens with two attached hydrogens (primary N) is 1. The summed E-state index contributed by atoms with van der Waals surface area (Å²) in [5, 5.41) is 10.0. The van der Waals surface area contributed by atoms with Gasteiger partial charge in [-0.05, 0) is 0 Å². The summed E-state index contributed by atoms with van der Waals surface area (Å²) in [5.74, 6) is 0.158. The Hall–Kier alpha value is 0.530. The minimum absolute atomic E-state index is 0. The molecule has 0 amide bonds. The van der Waals surface area contributed by atoms with Crippen LogP contribution in [0.25, 0.3) is 11.2 Å². The van der Waals surface area contributed by atoms with Crippen molar-refractivity contribution < 1.29 is 102 Å². The number of nitrogen functional groups attached to an aromatic ring is 1. The third-order valence-corrected chi connectivity index (χ3v) is 5.61. The van der Waals surface area contributed by atoms with E-state index in [9.17, 15) is 28.9 Å². The van der Waals surface area contributed by atoms with Crippen molar-refractivity contribution in [2.24, 2.45) is 0 Å². The molecule has 1 fully saturated rings. The molecule has 0 saturated carbocycles. The minimum Gasteiger partial charge on any atom is -0.789 e. The first-order chi connectivity index (χ1) is 12.1. The average molecular weight is 455 g/mol. The van der Waals surface area contributed by atoms with E-state index in [1.807, 2.05) is 0 Å². The maximum absolute atomic E-state index is 11.4. The third kappa shape index (κ3) is 6.51. The van der Waals surface area contributed by atoms with Crippen molar-refractivity contribution >= 4 is 32.6 Å². The van der Waals surface area contributed by atoms with Crippen LogP contribution in [0.15, 0.2) is 12.7 Å². The predicted molar refractivity (Wildman–Crippen MR) is 78.7 cm³/mol. The SMILES string of the molecule is Nc1ncnc2c1ncn2C1CC(O)C(COP(=O)(O)OP(=O)([O-])[O-])O1.[Na+].[Na+]. The first kappa shape index (κ1) is 26.6. The van der Waals surface area contributed by atoms with Crippen molar-refractivity contribution in [1.82, 2.24) is 19.5 Å². The fourth-order valence-corrected chi connectivity index (χ4v) is 3.97. The fraction of sp³-hybridized carbons (Fsp3) is 0.500.